The van der Waals surface area contributed by atoms with Gasteiger partial charge in [0.15, 0.2) is 0 Å². The zero-order valence-corrected chi connectivity index (χ0v) is 10.8. The van der Waals surface area contributed by atoms with E-state index in [1.54, 1.807) is 12.3 Å². The molecule has 2 aromatic rings. The van der Waals surface area contributed by atoms with Crippen molar-refractivity contribution in [1.29, 1.82) is 0 Å². The molecule has 2 aromatic heterocycles. The van der Waals surface area contributed by atoms with E-state index in [0.717, 1.165) is 15.6 Å². The van der Waals surface area contributed by atoms with Gasteiger partial charge >= 0.3 is 5.97 Å². The molecule has 0 atom stereocenters. The molecule has 2 rings (SSSR count). The summed E-state index contributed by atoms with van der Waals surface area (Å²) in [5, 5.41) is 9.68. The number of carbonyl (C=O) groups is 1. The minimum atomic E-state index is -1.21. The summed E-state index contributed by atoms with van der Waals surface area (Å²) in [4.78, 5) is 28.2. The first-order chi connectivity index (χ1) is 8.49. The lowest BCUT2D eigenvalue weighted by molar-refractivity contribution is 0.0694. The summed E-state index contributed by atoms with van der Waals surface area (Å²) in [5.41, 5.74) is 0.218. The van der Waals surface area contributed by atoms with Crippen molar-refractivity contribution in [2.45, 2.75) is 20.4 Å². The fourth-order valence-electron chi connectivity index (χ4n) is 1.58. The van der Waals surface area contributed by atoms with Gasteiger partial charge in [-0.2, -0.15) is 0 Å². The molecule has 0 spiro atoms. The minimum absolute atomic E-state index is 0.220. The van der Waals surface area contributed by atoms with Gasteiger partial charge in [0, 0.05) is 11.1 Å². The number of aryl methyl sites for hydroxylation is 2. The summed E-state index contributed by atoms with van der Waals surface area (Å²) in [6, 6.07) is 2.86. The van der Waals surface area contributed by atoms with Gasteiger partial charge in [-0.05, 0) is 26.0 Å². The Morgan fingerprint density at radius 3 is 2.78 bits per heavy atom. The largest absolute Gasteiger partial charge is 0.477 e. The third-order valence-electron chi connectivity index (χ3n) is 2.63. The minimum Gasteiger partial charge on any atom is -0.477 e. The Kier molecular flexibility index (Phi) is 3.29. The number of carboxylic acid groups (broad SMARTS) is 1. The molecular formula is C12H12N2O3S. The third-order valence-corrected chi connectivity index (χ3v) is 3.69. The van der Waals surface area contributed by atoms with Gasteiger partial charge in [0.05, 0.1) is 12.2 Å². The molecule has 0 unspecified atom stereocenters. The highest BCUT2D eigenvalue weighted by Crippen LogP contribution is 2.16. The zero-order chi connectivity index (χ0) is 13.3. The van der Waals surface area contributed by atoms with Crippen molar-refractivity contribution in [2.75, 3.05) is 0 Å². The number of hydrogen-bond acceptors (Lipinski definition) is 4. The Hall–Kier alpha value is -1.95. The second-order valence-corrected chi connectivity index (χ2v) is 5.20. The first-order valence-corrected chi connectivity index (χ1v) is 6.16. The van der Waals surface area contributed by atoms with Crippen molar-refractivity contribution < 1.29 is 9.90 Å². The van der Waals surface area contributed by atoms with Crippen LogP contribution in [-0.4, -0.2) is 20.6 Å². The topological polar surface area (TPSA) is 72.2 Å². The standard InChI is InChI=1S/C12H12N2O3S/c1-7-8(2)18-10(13-7)6-14-5-3-4-9(11(14)15)12(16)17/h3-5H,6H2,1-2H3,(H,16,17). The Bertz CT molecular complexity index is 638. The maximum absolute atomic E-state index is 11.9. The van der Waals surface area contributed by atoms with Crippen LogP contribution in [0.1, 0.15) is 25.9 Å². The molecule has 5 nitrogen and oxygen atoms in total. The molecular weight excluding hydrogens is 252 g/mol. The smallest absolute Gasteiger partial charge is 0.341 e. The second-order valence-electron chi connectivity index (χ2n) is 3.91. The van der Waals surface area contributed by atoms with Crippen molar-refractivity contribution in [3.05, 3.63) is 49.8 Å². The monoisotopic (exact) mass is 264 g/mol. The quantitative estimate of drug-likeness (QED) is 0.915. The molecule has 18 heavy (non-hydrogen) atoms. The molecule has 0 aliphatic heterocycles. The molecule has 0 saturated carbocycles. The highest BCUT2D eigenvalue weighted by Gasteiger charge is 2.11. The summed E-state index contributed by atoms with van der Waals surface area (Å²) >= 11 is 1.51. The predicted octanol–water partition coefficient (Wildman–Crippen LogP) is 1.67. The number of aromatic carboxylic acids is 1. The van der Waals surface area contributed by atoms with Crippen molar-refractivity contribution >= 4 is 17.3 Å². The van der Waals surface area contributed by atoms with Crippen LogP contribution in [0.2, 0.25) is 0 Å². The number of pyridine rings is 1. The third kappa shape index (κ3) is 2.33. The Morgan fingerprint density at radius 2 is 2.22 bits per heavy atom. The Labute approximate surface area is 107 Å². The van der Waals surface area contributed by atoms with Crippen LogP contribution < -0.4 is 5.56 Å². The number of carboxylic acids is 1. The highest BCUT2D eigenvalue weighted by molar-refractivity contribution is 7.11. The van der Waals surface area contributed by atoms with Gasteiger partial charge < -0.3 is 9.67 Å². The van der Waals surface area contributed by atoms with E-state index in [9.17, 15) is 9.59 Å². The van der Waals surface area contributed by atoms with Gasteiger partial charge in [-0.3, -0.25) is 4.79 Å². The van der Waals surface area contributed by atoms with E-state index in [-0.39, 0.29) is 5.56 Å². The van der Waals surface area contributed by atoms with Crippen LogP contribution in [0.4, 0.5) is 0 Å². The Balaban J connectivity index is 2.38. The van der Waals surface area contributed by atoms with Crippen molar-refractivity contribution in [2.24, 2.45) is 0 Å². The van der Waals surface area contributed by atoms with Crippen molar-refractivity contribution in [1.82, 2.24) is 9.55 Å². The summed E-state index contributed by atoms with van der Waals surface area (Å²) in [5.74, 6) is -1.21. The first kappa shape index (κ1) is 12.5. The van der Waals surface area contributed by atoms with E-state index in [0.29, 0.717) is 6.54 Å². The molecule has 0 aliphatic carbocycles. The van der Waals surface area contributed by atoms with Crippen molar-refractivity contribution in [3.8, 4) is 0 Å². The number of hydrogen-bond donors (Lipinski definition) is 1. The lowest BCUT2D eigenvalue weighted by Gasteiger charge is -2.03. The summed E-state index contributed by atoms with van der Waals surface area (Å²) in [6.45, 7) is 4.18. The van der Waals surface area contributed by atoms with Gasteiger partial charge in [0.1, 0.15) is 10.6 Å². The second kappa shape index (κ2) is 4.73. The number of thiazole rings is 1. The van der Waals surface area contributed by atoms with Crippen molar-refractivity contribution in [3.63, 3.8) is 0 Å². The van der Waals surface area contributed by atoms with E-state index in [4.69, 9.17) is 5.11 Å². The van der Waals surface area contributed by atoms with E-state index in [1.165, 1.54) is 22.0 Å². The lowest BCUT2D eigenvalue weighted by atomic mass is 10.3. The zero-order valence-electron chi connectivity index (χ0n) is 10.0. The first-order valence-electron chi connectivity index (χ1n) is 5.34. The van der Waals surface area contributed by atoms with E-state index < -0.39 is 11.5 Å². The molecule has 6 heteroatoms. The van der Waals surface area contributed by atoms with Gasteiger partial charge in [0.25, 0.3) is 5.56 Å². The van der Waals surface area contributed by atoms with E-state index in [2.05, 4.69) is 4.98 Å². The molecule has 0 amide bonds. The number of rotatable bonds is 3. The lowest BCUT2D eigenvalue weighted by Crippen LogP contribution is -2.25. The maximum atomic E-state index is 11.9. The Morgan fingerprint density at radius 1 is 1.50 bits per heavy atom. The average Bonchev–Trinajstić information content (AvgIpc) is 2.60. The fourth-order valence-corrected chi connectivity index (χ4v) is 2.51. The van der Waals surface area contributed by atoms with Crippen LogP contribution in [0.15, 0.2) is 23.1 Å². The molecule has 0 fully saturated rings. The molecule has 94 valence electrons. The van der Waals surface area contributed by atoms with Crippen LogP contribution >= 0.6 is 11.3 Å². The highest BCUT2D eigenvalue weighted by atomic mass is 32.1. The van der Waals surface area contributed by atoms with Crippen LogP contribution in [0, 0.1) is 13.8 Å². The van der Waals surface area contributed by atoms with Gasteiger partial charge in [-0.25, -0.2) is 9.78 Å². The number of aromatic nitrogens is 2. The normalized spacial score (nSPS) is 10.6. The summed E-state index contributed by atoms with van der Waals surface area (Å²) in [6.07, 6.45) is 1.57. The number of nitrogens with zero attached hydrogens (tertiary/aromatic N) is 2. The van der Waals surface area contributed by atoms with Crippen LogP contribution in [0.5, 0.6) is 0 Å². The molecule has 0 saturated heterocycles. The average molecular weight is 264 g/mol. The maximum Gasteiger partial charge on any atom is 0.341 e. The summed E-state index contributed by atoms with van der Waals surface area (Å²) < 4.78 is 1.36. The summed E-state index contributed by atoms with van der Waals surface area (Å²) in [7, 11) is 0. The molecule has 2 heterocycles. The van der Waals surface area contributed by atoms with E-state index in [1.807, 2.05) is 13.8 Å². The molecule has 1 N–H and O–H groups in total. The predicted molar refractivity (Wildman–Crippen MR) is 68.4 cm³/mol. The van der Waals surface area contributed by atoms with E-state index >= 15 is 0 Å². The van der Waals surface area contributed by atoms with Gasteiger partial charge in [-0.1, -0.05) is 0 Å². The molecule has 0 radical (unpaired) electrons. The molecule has 0 aromatic carbocycles. The van der Waals surface area contributed by atoms with Gasteiger partial charge in [0.2, 0.25) is 0 Å². The van der Waals surface area contributed by atoms with Crippen LogP contribution in [0.3, 0.4) is 0 Å². The fraction of sp³-hybridized carbons (Fsp3) is 0.250. The molecule has 0 aliphatic rings. The molecule has 0 bridgehead atoms. The van der Waals surface area contributed by atoms with Gasteiger partial charge in [-0.15, -0.1) is 11.3 Å². The SMILES string of the molecule is Cc1nc(Cn2cccc(C(=O)O)c2=O)sc1C. The van der Waals surface area contributed by atoms with Crippen LogP contribution in [0.25, 0.3) is 0 Å². The van der Waals surface area contributed by atoms with Crippen LogP contribution in [-0.2, 0) is 6.54 Å².